The van der Waals surface area contributed by atoms with Crippen LogP contribution >= 0.6 is 34.5 Å². The molecular formula is C23H16Cl2N2O4S. The molecule has 0 saturated carbocycles. The monoisotopic (exact) mass is 486 g/mol. The highest BCUT2D eigenvalue weighted by Gasteiger charge is 2.48. The Morgan fingerprint density at radius 3 is 2.72 bits per heavy atom. The van der Waals surface area contributed by atoms with Gasteiger partial charge in [-0.15, -0.1) is 11.3 Å². The van der Waals surface area contributed by atoms with Crippen LogP contribution in [0.3, 0.4) is 0 Å². The van der Waals surface area contributed by atoms with Crippen LogP contribution < -0.4 is 9.64 Å². The van der Waals surface area contributed by atoms with Gasteiger partial charge in [0.2, 0.25) is 0 Å². The number of fused-ring (bicyclic) bond motifs is 1. The van der Waals surface area contributed by atoms with E-state index in [1.807, 2.05) is 6.92 Å². The average Bonchev–Trinajstić information content (AvgIpc) is 3.47. The number of anilines is 1. The summed E-state index contributed by atoms with van der Waals surface area (Å²) in [6.07, 6.45) is 2.28. The number of ketones is 1. The molecular weight excluding hydrogens is 471 g/mol. The van der Waals surface area contributed by atoms with Crippen molar-refractivity contribution >= 4 is 57.1 Å². The first-order chi connectivity index (χ1) is 15.3. The highest BCUT2D eigenvalue weighted by atomic mass is 35.5. The Bertz CT molecular complexity index is 1290. The highest BCUT2D eigenvalue weighted by Crippen LogP contribution is 2.44. The number of aromatic nitrogens is 1. The Hall–Kier alpha value is -2.87. The molecule has 0 aliphatic carbocycles. The van der Waals surface area contributed by atoms with Crippen molar-refractivity contribution in [3.05, 3.63) is 80.3 Å². The number of aliphatic hydroxyl groups is 1. The van der Waals surface area contributed by atoms with Gasteiger partial charge in [0, 0.05) is 23.6 Å². The Morgan fingerprint density at radius 2 is 2.00 bits per heavy atom. The summed E-state index contributed by atoms with van der Waals surface area (Å²) >= 11 is 13.5. The van der Waals surface area contributed by atoms with Gasteiger partial charge in [0.1, 0.15) is 17.6 Å². The van der Waals surface area contributed by atoms with Crippen molar-refractivity contribution in [2.45, 2.75) is 25.5 Å². The van der Waals surface area contributed by atoms with E-state index in [4.69, 9.17) is 27.9 Å². The number of thiazole rings is 1. The fourth-order valence-corrected chi connectivity index (χ4v) is 5.06. The van der Waals surface area contributed by atoms with Gasteiger partial charge in [-0.05, 0) is 48.4 Å². The second kappa shape index (κ2) is 7.92. The zero-order valence-electron chi connectivity index (χ0n) is 16.7. The molecule has 3 heterocycles. The lowest BCUT2D eigenvalue weighted by molar-refractivity contribution is -0.132. The topological polar surface area (TPSA) is 79.7 Å². The minimum absolute atomic E-state index is 0.0319. The Balaban J connectivity index is 1.70. The van der Waals surface area contributed by atoms with E-state index in [-0.39, 0.29) is 22.5 Å². The van der Waals surface area contributed by atoms with Crippen LogP contribution in [0.5, 0.6) is 5.75 Å². The highest BCUT2D eigenvalue weighted by molar-refractivity contribution is 7.14. The first kappa shape index (κ1) is 21.0. The number of hydrogen-bond donors (Lipinski definition) is 1. The third kappa shape index (κ3) is 3.37. The number of Topliss-reactive ketones (excluding diaryl/α,β-unsaturated/α-hetero) is 1. The van der Waals surface area contributed by atoms with E-state index < -0.39 is 17.7 Å². The van der Waals surface area contributed by atoms with Gasteiger partial charge < -0.3 is 9.84 Å². The average molecular weight is 487 g/mol. The van der Waals surface area contributed by atoms with Gasteiger partial charge in [-0.1, -0.05) is 29.3 Å². The summed E-state index contributed by atoms with van der Waals surface area (Å²) in [7, 11) is 0. The van der Waals surface area contributed by atoms with Gasteiger partial charge in [-0.25, -0.2) is 4.98 Å². The molecule has 0 spiro atoms. The number of ether oxygens (including phenoxy) is 1. The third-order valence-electron chi connectivity index (χ3n) is 5.50. The van der Waals surface area contributed by atoms with Crippen LogP contribution in [0.25, 0.3) is 5.76 Å². The molecule has 9 heteroatoms. The molecule has 2 aromatic carbocycles. The van der Waals surface area contributed by atoms with E-state index >= 15 is 0 Å². The summed E-state index contributed by atoms with van der Waals surface area (Å²) < 4.78 is 5.72. The largest absolute Gasteiger partial charge is 0.507 e. The lowest BCUT2D eigenvalue weighted by Gasteiger charge is -2.23. The zero-order chi connectivity index (χ0) is 22.6. The lowest BCUT2D eigenvalue weighted by Crippen LogP contribution is -2.29. The van der Waals surface area contributed by atoms with E-state index in [0.717, 1.165) is 11.3 Å². The maximum absolute atomic E-state index is 13.1. The summed E-state index contributed by atoms with van der Waals surface area (Å²) in [5.74, 6) is -1.08. The van der Waals surface area contributed by atoms with Crippen LogP contribution in [0.1, 0.15) is 29.7 Å². The second-order valence-electron chi connectivity index (χ2n) is 7.61. The predicted octanol–water partition coefficient (Wildman–Crippen LogP) is 5.40. The third-order valence-corrected chi connectivity index (χ3v) is 7.01. The van der Waals surface area contributed by atoms with Crippen molar-refractivity contribution < 1.29 is 19.4 Å². The van der Waals surface area contributed by atoms with Crippen LogP contribution in [0.2, 0.25) is 10.0 Å². The quantitative estimate of drug-likeness (QED) is 0.304. The maximum Gasteiger partial charge on any atom is 0.301 e. The van der Waals surface area contributed by atoms with Crippen molar-refractivity contribution in [1.29, 1.82) is 0 Å². The first-order valence-electron chi connectivity index (χ1n) is 9.80. The molecule has 2 aliphatic heterocycles. The van der Waals surface area contributed by atoms with Crippen LogP contribution in [0.4, 0.5) is 5.13 Å². The minimum Gasteiger partial charge on any atom is -0.507 e. The molecule has 1 fully saturated rings. The van der Waals surface area contributed by atoms with E-state index in [9.17, 15) is 14.7 Å². The molecule has 162 valence electrons. The zero-order valence-corrected chi connectivity index (χ0v) is 19.0. The van der Waals surface area contributed by atoms with Crippen molar-refractivity contribution in [3.8, 4) is 5.75 Å². The fourth-order valence-electron chi connectivity index (χ4n) is 4.09. The predicted molar refractivity (Wildman–Crippen MR) is 124 cm³/mol. The Labute approximate surface area is 197 Å². The van der Waals surface area contributed by atoms with Crippen molar-refractivity contribution in [3.63, 3.8) is 0 Å². The van der Waals surface area contributed by atoms with Crippen molar-refractivity contribution in [2.24, 2.45) is 0 Å². The molecule has 0 bridgehead atoms. The molecule has 5 rings (SSSR count). The van der Waals surface area contributed by atoms with Crippen LogP contribution in [0.15, 0.2) is 53.5 Å². The standard InChI is InChI=1S/C23H16Cl2N2O4S/c1-11-8-14-9-13(3-5-17(14)31-11)20(28)18-19(12-2-4-15(24)16(25)10-12)27(22(30)21(18)29)23-26-6-7-32-23/h2-7,9-11,19,28H,8H2,1H3/b20-18+/t11-,19-/m1/s1. The maximum atomic E-state index is 13.1. The molecule has 2 atom stereocenters. The summed E-state index contributed by atoms with van der Waals surface area (Å²) in [5, 5.41) is 13.9. The number of rotatable bonds is 3. The molecule has 1 amide bonds. The molecule has 6 nitrogen and oxygen atoms in total. The number of halogens is 2. The number of amides is 1. The van der Waals surface area contributed by atoms with Gasteiger partial charge >= 0.3 is 5.91 Å². The van der Waals surface area contributed by atoms with E-state index in [0.29, 0.717) is 27.7 Å². The molecule has 0 radical (unpaired) electrons. The van der Waals surface area contributed by atoms with Crippen LogP contribution in [-0.2, 0) is 16.0 Å². The smallest absolute Gasteiger partial charge is 0.301 e. The fraction of sp³-hybridized carbons (Fsp3) is 0.174. The van der Waals surface area contributed by atoms with E-state index in [1.54, 1.807) is 48.0 Å². The van der Waals surface area contributed by atoms with E-state index in [2.05, 4.69) is 4.98 Å². The number of carbonyl (C=O) groups excluding carboxylic acids is 2. The molecule has 2 aliphatic rings. The number of hydrogen-bond acceptors (Lipinski definition) is 6. The number of nitrogens with zero attached hydrogens (tertiary/aromatic N) is 2. The lowest BCUT2D eigenvalue weighted by atomic mass is 9.94. The van der Waals surface area contributed by atoms with Gasteiger partial charge in [0.05, 0.1) is 21.7 Å². The Morgan fingerprint density at radius 1 is 1.19 bits per heavy atom. The second-order valence-corrected chi connectivity index (χ2v) is 9.30. The number of benzene rings is 2. The SMILES string of the molecule is C[C@@H]1Cc2cc(/C(O)=C3\C(=O)C(=O)N(c4nccs4)[C@@H]3c3ccc(Cl)c(Cl)c3)ccc2O1. The molecule has 0 unspecified atom stereocenters. The van der Waals surface area contributed by atoms with Crippen molar-refractivity contribution in [2.75, 3.05) is 4.90 Å². The summed E-state index contributed by atoms with van der Waals surface area (Å²) in [4.78, 5) is 31.7. The Kier molecular flexibility index (Phi) is 5.20. The molecule has 32 heavy (non-hydrogen) atoms. The number of carbonyl (C=O) groups is 2. The molecule has 1 N–H and O–H groups in total. The van der Waals surface area contributed by atoms with Crippen molar-refractivity contribution in [1.82, 2.24) is 4.98 Å². The molecule has 3 aromatic rings. The van der Waals surface area contributed by atoms with Gasteiger partial charge in [0.25, 0.3) is 5.78 Å². The number of aliphatic hydroxyl groups excluding tert-OH is 1. The summed E-state index contributed by atoms with van der Waals surface area (Å²) in [6, 6.07) is 9.18. The normalized spacial score (nSPS) is 21.7. The molecule has 1 saturated heterocycles. The first-order valence-corrected chi connectivity index (χ1v) is 11.4. The van der Waals surface area contributed by atoms with E-state index in [1.165, 1.54) is 16.2 Å². The summed E-state index contributed by atoms with van der Waals surface area (Å²) in [5.41, 5.74) is 1.87. The van der Waals surface area contributed by atoms with Crippen LogP contribution in [0, 0.1) is 0 Å². The van der Waals surface area contributed by atoms with Gasteiger partial charge in [-0.3, -0.25) is 14.5 Å². The molecule has 1 aromatic heterocycles. The van der Waals surface area contributed by atoms with Gasteiger partial charge in [0.15, 0.2) is 5.13 Å². The van der Waals surface area contributed by atoms with Gasteiger partial charge in [-0.2, -0.15) is 0 Å². The minimum atomic E-state index is -0.903. The van der Waals surface area contributed by atoms with Crippen LogP contribution in [-0.4, -0.2) is 27.9 Å². The summed E-state index contributed by atoms with van der Waals surface area (Å²) in [6.45, 7) is 1.96.